The molecule has 0 aliphatic heterocycles. The molecule has 7 nitrogen and oxygen atoms in total. The number of carbonyl (C=O) groups excluding carboxylic acids is 1. The molecule has 0 saturated carbocycles. The molecular weight excluding hydrogens is 428 g/mol. The molecule has 4 rings (SSSR count). The maximum atomic E-state index is 13.2. The summed E-state index contributed by atoms with van der Waals surface area (Å²) in [7, 11) is 0. The summed E-state index contributed by atoms with van der Waals surface area (Å²) in [6.45, 7) is 2.30. The molecule has 0 saturated heterocycles. The van der Waals surface area contributed by atoms with Gasteiger partial charge in [-0.25, -0.2) is 0 Å². The number of benzene rings is 2. The minimum atomic E-state index is -0.572. The van der Waals surface area contributed by atoms with Gasteiger partial charge in [-0.3, -0.25) is 14.0 Å². The number of hydrogen-bond donors (Lipinski definition) is 1. The van der Waals surface area contributed by atoms with Crippen LogP contribution in [0.2, 0.25) is 0 Å². The Morgan fingerprint density at radius 3 is 2.56 bits per heavy atom. The van der Waals surface area contributed by atoms with Crippen LogP contribution in [-0.4, -0.2) is 21.8 Å². The van der Waals surface area contributed by atoms with E-state index in [0.717, 1.165) is 11.1 Å². The Hall–Kier alpha value is -4.70. The first-order chi connectivity index (χ1) is 16.5. The monoisotopic (exact) mass is 450 g/mol. The normalized spacial score (nSPS) is 11.1. The number of hydrogen-bond acceptors (Lipinski definition) is 5. The third-order valence-electron chi connectivity index (χ3n) is 5.17. The SMILES string of the molecule is Cc1ccc(Oc2nc3ccccn3c(=O)c2/C=C(\C#N)C(=O)NCCc2ccccc2)cc1. The van der Waals surface area contributed by atoms with E-state index >= 15 is 0 Å². The Bertz CT molecular complexity index is 1450. The topological polar surface area (TPSA) is 96.5 Å². The van der Waals surface area contributed by atoms with E-state index in [4.69, 9.17) is 4.74 Å². The van der Waals surface area contributed by atoms with Crippen molar-refractivity contribution >= 4 is 17.6 Å². The molecule has 168 valence electrons. The van der Waals surface area contributed by atoms with Crippen LogP contribution in [0.3, 0.4) is 0 Å². The van der Waals surface area contributed by atoms with Gasteiger partial charge in [0.2, 0.25) is 5.88 Å². The Morgan fingerprint density at radius 1 is 1.09 bits per heavy atom. The zero-order chi connectivity index (χ0) is 23.9. The molecule has 2 aromatic carbocycles. The molecule has 34 heavy (non-hydrogen) atoms. The first kappa shape index (κ1) is 22.5. The molecule has 2 heterocycles. The smallest absolute Gasteiger partial charge is 0.269 e. The summed E-state index contributed by atoms with van der Waals surface area (Å²) in [6, 6.07) is 24.0. The van der Waals surface area contributed by atoms with Crippen molar-refractivity contribution in [2.45, 2.75) is 13.3 Å². The van der Waals surface area contributed by atoms with E-state index in [-0.39, 0.29) is 17.0 Å². The van der Waals surface area contributed by atoms with Crippen LogP contribution >= 0.6 is 0 Å². The second-order valence-corrected chi connectivity index (χ2v) is 7.64. The van der Waals surface area contributed by atoms with Crippen molar-refractivity contribution in [3.63, 3.8) is 0 Å². The highest BCUT2D eigenvalue weighted by Gasteiger charge is 2.17. The number of fused-ring (bicyclic) bond motifs is 1. The lowest BCUT2D eigenvalue weighted by atomic mass is 10.1. The predicted octanol–water partition coefficient (Wildman–Crippen LogP) is 4.06. The van der Waals surface area contributed by atoms with Gasteiger partial charge in [-0.05, 0) is 49.2 Å². The van der Waals surface area contributed by atoms with Gasteiger partial charge in [0.1, 0.15) is 28.6 Å². The van der Waals surface area contributed by atoms with Crippen LogP contribution in [0.25, 0.3) is 11.7 Å². The largest absolute Gasteiger partial charge is 0.438 e. The van der Waals surface area contributed by atoms with Gasteiger partial charge < -0.3 is 10.1 Å². The third-order valence-corrected chi connectivity index (χ3v) is 5.17. The average Bonchev–Trinajstić information content (AvgIpc) is 2.86. The van der Waals surface area contributed by atoms with Gasteiger partial charge in [0, 0.05) is 12.7 Å². The number of carbonyl (C=O) groups is 1. The molecule has 1 amide bonds. The van der Waals surface area contributed by atoms with Crippen molar-refractivity contribution in [1.29, 1.82) is 5.26 Å². The molecule has 0 bridgehead atoms. The molecule has 1 N–H and O–H groups in total. The predicted molar refractivity (Wildman–Crippen MR) is 129 cm³/mol. The highest BCUT2D eigenvalue weighted by molar-refractivity contribution is 6.01. The Balaban J connectivity index is 1.66. The number of nitrogens with zero attached hydrogens (tertiary/aromatic N) is 3. The Kier molecular flexibility index (Phi) is 6.80. The van der Waals surface area contributed by atoms with Crippen LogP contribution in [0, 0.1) is 18.3 Å². The van der Waals surface area contributed by atoms with Crippen molar-refractivity contribution in [3.8, 4) is 17.7 Å². The summed E-state index contributed by atoms with van der Waals surface area (Å²) in [4.78, 5) is 30.4. The minimum Gasteiger partial charge on any atom is -0.438 e. The molecule has 0 aliphatic carbocycles. The maximum Gasteiger partial charge on any atom is 0.269 e. The number of amides is 1. The average molecular weight is 450 g/mol. The summed E-state index contributed by atoms with van der Waals surface area (Å²) >= 11 is 0. The fourth-order valence-electron chi connectivity index (χ4n) is 3.35. The molecule has 0 spiro atoms. The number of ether oxygens (including phenoxy) is 1. The van der Waals surface area contributed by atoms with Crippen LogP contribution in [0.15, 0.2) is 89.4 Å². The van der Waals surface area contributed by atoms with Crippen molar-refractivity contribution in [2.24, 2.45) is 0 Å². The highest BCUT2D eigenvalue weighted by Crippen LogP contribution is 2.24. The quantitative estimate of drug-likeness (QED) is 0.338. The fourth-order valence-corrected chi connectivity index (χ4v) is 3.35. The van der Waals surface area contributed by atoms with Crippen LogP contribution in [0.5, 0.6) is 11.6 Å². The molecule has 0 radical (unpaired) electrons. The van der Waals surface area contributed by atoms with Crippen molar-refractivity contribution < 1.29 is 9.53 Å². The maximum absolute atomic E-state index is 13.2. The van der Waals surface area contributed by atoms with E-state index in [9.17, 15) is 14.9 Å². The zero-order valence-electron chi connectivity index (χ0n) is 18.6. The molecule has 2 aromatic heterocycles. The van der Waals surface area contributed by atoms with Crippen LogP contribution in [0.1, 0.15) is 16.7 Å². The van der Waals surface area contributed by atoms with Gasteiger partial charge in [-0.15, -0.1) is 0 Å². The van der Waals surface area contributed by atoms with E-state index < -0.39 is 11.5 Å². The lowest BCUT2D eigenvalue weighted by Crippen LogP contribution is -2.27. The van der Waals surface area contributed by atoms with E-state index in [1.165, 1.54) is 10.5 Å². The number of rotatable bonds is 7. The Morgan fingerprint density at radius 2 is 1.82 bits per heavy atom. The first-order valence-corrected chi connectivity index (χ1v) is 10.7. The number of aryl methyl sites for hydroxylation is 1. The second-order valence-electron chi connectivity index (χ2n) is 7.64. The molecular formula is C27H22N4O3. The van der Waals surface area contributed by atoms with Crippen LogP contribution in [0.4, 0.5) is 0 Å². The Labute approximate surface area is 196 Å². The second kappa shape index (κ2) is 10.3. The summed E-state index contributed by atoms with van der Waals surface area (Å²) in [6.07, 6.45) is 3.42. The first-order valence-electron chi connectivity index (χ1n) is 10.7. The number of nitrogens with one attached hydrogen (secondary N) is 1. The number of pyridine rings is 1. The molecule has 0 fully saturated rings. The molecule has 0 aliphatic rings. The number of nitriles is 1. The summed E-state index contributed by atoms with van der Waals surface area (Å²) in [5, 5.41) is 12.4. The minimum absolute atomic E-state index is 0.0130. The van der Waals surface area contributed by atoms with Gasteiger partial charge in [0.05, 0.1) is 0 Å². The third kappa shape index (κ3) is 5.19. The van der Waals surface area contributed by atoms with Crippen LogP contribution in [-0.2, 0) is 11.2 Å². The van der Waals surface area contributed by atoms with Gasteiger partial charge in [-0.1, -0.05) is 54.1 Å². The summed E-state index contributed by atoms with van der Waals surface area (Å²) < 4.78 is 7.25. The molecule has 7 heteroatoms. The van der Waals surface area contributed by atoms with E-state index in [0.29, 0.717) is 24.4 Å². The highest BCUT2D eigenvalue weighted by atomic mass is 16.5. The van der Waals surface area contributed by atoms with E-state index in [2.05, 4.69) is 10.3 Å². The van der Waals surface area contributed by atoms with E-state index in [1.54, 1.807) is 36.5 Å². The summed E-state index contributed by atoms with van der Waals surface area (Å²) in [5.74, 6) is -0.0691. The molecule has 0 atom stereocenters. The molecule has 0 unspecified atom stereocenters. The van der Waals surface area contributed by atoms with E-state index in [1.807, 2.05) is 55.5 Å². The molecule has 4 aromatic rings. The van der Waals surface area contributed by atoms with Gasteiger partial charge in [-0.2, -0.15) is 10.2 Å². The lowest BCUT2D eigenvalue weighted by Gasteiger charge is -2.10. The van der Waals surface area contributed by atoms with Gasteiger partial charge in [0.25, 0.3) is 11.5 Å². The zero-order valence-corrected chi connectivity index (χ0v) is 18.6. The van der Waals surface area contributed by atoms with Crippen molar-refractivity contribution in [1.82, 2.24) is 14.7 Å². The van der Waals surface area contributed by atoms with Crippen LogP contribution < -0.4 is 15.6 Å². The lowest BCUT2D eigenvalue weighted by molar-refractivity contribution is -0.117. The van der Waals surface area contributed by atoms with Gasteiger partial charge in [0.15, 0.2) is 0 Å². The van der Waals surface area contributed by atoms with Crippen molar-refractivity contribution in [3.05, 3.63) is 112 Å². The summed E-state index contributed by atoms with van der Waals surface area (Å²) in [5.41, 5.74) is 1.86. The standard InChI is InChI=1S/C27H22N4O3/c1-19-10-12-22(13-11-19)34-26-23(27(33)31-16-6-5-9-24(31)30-26)17-21(18-28)25(32)29-15-14-20-7-3-2-4-8-20/h2-13,16-17H,14-15H2,1H3,(H,29,32)/b21-17+. The fraction of sp³-hybridized carbons (Fsp3) is 0.111. The number of aromatic nitrogens is 2. The van der Waals surface area contributed by atoms with Crippen molar-refractivity contribution in [2.75, 3.05) is 6.54 Å². The van der Waals surface area contributed by atoms with Gasteiger partial charge >= 0.3 is 0 Å².